The molecule has 0 fully saturated rings. The van der Waals surface area contributed by atoms with Gasteiger partial charge in [0.15, 0.2) is 0 Å². The van der Waals surface area contributed by atoms with Crippen LogP contribution in [0.3, 0.4) is 0 Å². The molecule has 2 aromatic rings. The Hall–Kier alpha value is -1.46. The summed E-state index contributed by atoms with van der Waals surface area (Å²) in [5, 5.41) is 0.218. The van der Waals surface area contributed by atoms with Gasteiger partial charge in [0, 0.05) is 11.3 Å². The van der Waals surface area contributed by atoms with Gasteiger partial charge in [0.25, 0.3) is 0 Å². The van der Waals surface area contributed by atoms with E-state index in [9.17, 15) is 13.0 Å². The maximum absolute atomic E-state index is 13.5. The minimum absolute atomic E-state index is 0.201. The van der Waals surface area contributed by atoms with E-state index in [2.05, 4.69) is 0 Å². The molecular formula is C13H10ClF2NOS. The van der Waals surface area contributed by atoms with E-state index < -0.39 is 22.4 Å². The third-order valence-corrected chi connectivity index (χ3v) is 4.45. The number of benzene rings is 2. The molecule has 0 saturated carbocycles. The molecule has 2 N–H and O–H groups in total. The van der Waals surface area contributed by atoms with Gasteiger partial charge in [-0.15, -0.1) is 0 Å². The second kappa shape index (κ2) is 5.67. The van der Waals surface area contributed by atoms with Crippen molar-refractivity contribution in [1.29, 1.82) is 0 Å². The normalized spacial score (nSPS) is 12.4. The first-order chi connectivity index (χ1) is 9.00. The van der Waals surface area contributed by atoms with Crippen molar-refractivity contribution < 1.29 is 13.0 Å². The molecule has 0 heterocycles. The van der Waals surface area contributed by atoms with E-state index in [0.717, 1.165) is 12.1 Å². The third kappa shape index (κ3) is 2.93. The number of rotatable bonds is 3. The number of nitrogens with two attached hydrogens (primary N) is 1. The molecule has 6 heteroatoms. The highest BCUT2D eigenvalue weighted by Gasteiger charge is 2.17. The second-order valence-electron chi connectivity index (χ2n) is 3.85. The molecule has 0 spiro atoms. The Morgan fingerprint density at radius 2 is 1.68 bits per heavy atom. The molecular weight excluding hydrogens is 292 g/mol. The fourth-order valence-electron chi connectivity index (χ4n) is 1.64. The zero-order valence-electron chi connectivity index (χ0n) is 9.70. The Kier molecular flexibility index (Phi) is 4.17. The maximum atomic E-state index is 13.5. The first-order valence-corrected chi connectivity index (χ1v) is 7.05. The molecule has 0 aliphatic carbocycles. The Bertz CT molecular complexity index is 608. The Labute approximate surface area is 116 Å². The van der Waals surface area contributed by atoms with Crippen molar-refractivity contribution in [2.45, 2.75) is 10.6 Å². The highest BCUT2D eigenvalue weighted by molar-refractivity contribution is 7.84. The Morgan fingerprint density at radius 1 is 1.11 bits per heavy atom. The van der Waals surface area contributed by atoms with Crippen molar-refractivity contribution in [2.75, 3.05) is 5.73 Å². The Morgan fingerprint density at radius 3 is 2.26 bits per heavy atom. The van der Waals surface area contributed by atoms with E-state index in [4.69, 9.17) is 17.3 Å². The molecule has 2 nitrogen and oxygen atoms in total. The SMILES string of the molecule is Nc1cccc(Cl)c1S(=O)Cc1c(F)cccc1F. The van der Waals surface area contributed by atoms with Crippen molar-refractivity contribution in [3.05, 3.63) is 58.6 Å². The van der Waals surface area contributed by atoms with Crippen LogP contribution in [0.25, 0.3) is 0 Å². The minimum atomic E-state index is -1.72. The fraction of sp³-hybridized carbons (Fsp3) is 0.0769. The molecule has 100 valence electrons. The molecule has 0 amide bonds. The maximum Gasteiger partial charge on any atom is 0.130 e. The summed E-state index contributed by atoms with van der Waals surface area (Å²) in [5.74, 6) is -1.79. The van der Waals surface area contributed by atoms with Gasteiger partial charge in [0.05, 0.1) is 26.5 Å². The third-order valence-electron chi connectivity index (χ3n) is 2.56. The zero-order chi connectivity index (χ0) is 14.0. The molecule has 2 rings (SSSR count). The molecule has 0 saturated heterocycles. The first kappa shape index (κ1) is 14.0. The van der Waals surface area contributed by atoms with Crippen LogP contribution in [0.4, 0.5) is 14.5 Å². The standard InChI is InChI=1S/C13H10ClF2NOS/c14-9-3-1-6-12(17)13(9)19(18)7-8-10(15)4-2-5-11(8)16/h1-6H,7,17H2. The summed E-state index contributed by atoms with van der Waals surface area (Å²) in [7, 11) is -1.72. The van der Waals surface area contributed by atoms with Crippen LogP contribution in [-0.4, -0.2) is 4.21 Å². The van der Waals surface area contributed by atoms with Crippen LogP contribution in [0.15, 0.2) is 41.3 Å². The average Bonchev–Trinajstić information content (AvgIpc) is 2.34. The van der Waals surface area contributed by atoms with Crippen molar-refractivity contribution in [1.82, 2.24) is 0 Å². The average molecular weight is 302 g/mol. The summed E-state index contributed by atoms with van der Waals surface area (Å²) < 4.78 is 39.2. The molecule has 0 bridgehead atoms. The molecule has 0 radical (unpaired) electrons. The smallest absolute Gasteiger partial charge is 0.130 e. The fourth-order valence-corrected chi connectivity index (χ4v) is 3.38. The minimum Gasteiger partial charge on any atom is -0.398 e. The predicted octanol–water partition coefficient (Wildman–Crippen LogP) is 3.51. The number of halogens is 3. The van der Waals surface area contributed by atoms with E-state index >= 15 is 0 Å². The van der Waals surface area contributed by atoms with Crippen LogP contribution >= 0.6 is 11.6 Å². The van der Waals surface area contributed by atoms with Gasteiger partial charge < -0.3 is 5.73 Å². The number of hydrogen-bond acceptors (Lipinski definition) is 2. The summed E-state index contributed by atoms with van der Waals surface area (Å²) in [4.78, 5) is 0.201. The van der Waals surface area contributed by atoms with Gasteiger partial charge in [0.2, 0.25) is 0 Å². The first-order valence-electron chi connectivity index (χ1n) is 5.36. The molecule has 19 heavy (non-hydrogen) atoms. The van der Waals surface area contributed by atoms with Crippen LogP contribution in [0.2, 0.25) is 5.02 Å². The van der Waals surface area contributed by atoms with Gasteiger partial charge >= 0.3 is 0 Å². The van der Waals surface area contributed by atoms with E-state index in [1.807, 2.05) is 0 Å². The molecule has 0 aliphatic heterocycles. The molecule has 0 aliphatic rings. The van der Waals surface area contributed by atoms with Crippen molar-refractivity contribution in [2.24, 2.45) is 0 Å². The zero-order valence-corrected chi connectivity index (χ0v) is 11.3. The van der Waals surface area contributed by atoms with E-state index in [1.54, 1.807) is 6.07 Å². The largest absolute Gasteiger partial charge is 0.398 e. The van der Waals surface area contributed by atoms with E-state index in [-0.39, 0.29) is 26.9 Å². The lowest BCUT2D eigenvalue weighted by Gasteiger charge is -2.09. The Balaban J connectivity index is 2.37. The van der Waals surface area contributed by atoms with Gasteiger partial charge in [-0.25, -0.2) is 8.78 Å². The van der Waals surface area contributed by atoms with Crippen molar-refractivity contribution in [3.8, 4) is 0 Å². The van der Waals surface area contributed by atoms with Crippen LogP contribution < -0.4 is 5.73 Å². The predicted molar refractivity (Wildman–Crippen MR) is 72.3 cm³/mol. The van der Waals surface area contributed by atoms with E-state index in [1.165, 1.54) is 18.2 Å². The van der Waals surface area contributed by atoms with Crippen molar-refractivity contribution in [3.63, 3.8) is 0 Å². The number of hydrogen-bond donors (Lipinski definition) is 1. The van der Waals surface area contributed by atoms with Gasteiger partial charge in [-0.2, -0.15) is 0 Å². The van der Waals surface area contributed by atoms with Crippen LogP contribution in [0.5, 0.6) is 0 Å². The topological polar surface area (TPSA) is 43.1 Å². The van der Waals surface area contributed by atoms with Gasteiger partial charge in [-0.3, -0.25) is 4.21 Å². The monoisotopic (exact) mass is 301 g/mol. The summed E-state index contributed by atoms with van der Waals surface area (Å²) in [6.07, 6.45) is 0. The molecule has 1 unspecified atom stereocenters. The van der Waals surface area contributed by atoms with Crippen molar-refractivity contribution >= 4 is 28.1 Å². The van der Waals surface area contributed by atoms with Gasteiger partial charge in [-0.1, -0.05) is 23.7 Å². The highest BCUT2D eigenvalue weighted by atomic mass is 35.5. The summed E-state index contributed by atoms with van der Waals surface area (Å²) in [6, 6.07) is 8.17. The molecule has 0 aromatic heterocycles. The van der Waals surface area contributed by atoms with Gasteiger partial charge in [-0.05, 0) is 24.3 Å². The summed E-state index contributed by atoms with van der Waals surface area (Å²) in [6.45, 7) is 0. The molecule has 2 aromatic carbocycles. The summed E-state index contributed by atoms with van der Waals surface area (Å²) >= 11 is 5.91. The number of nitrogen functional groups attached to an aromatic ring is 1. The molecule has 1 atom stereocenters. The second-order valence-corrected chi connectivity index (χ2v) is 5.64. The summed E-state index contributed by atoms with van der Waals surface area (Å²) in [5.41, 5.74) is 5.69. The van der Waals surface area contributed by atoms with Gasteiger partial charge in [0.1, 0.15) is 11.6 Å². The lowest BCUT2D eigenvalue weighted by molar-refractivity contribution is 0.564. The van der Waals surface area contributed by atoms with E-state index in [0.29, 0.717) is 0 Å². The highest BCUT2D eigenvalue weighted by Crippen LogP contribution is 2.28. The van der Waals surface area contributed by atoms with Crippen LogP contribution in [-0.2, 0) is 16.6 Å². The lowest BCUT2D eigenvalue weighted by Crippen LogP contribution is -2.05. The quantitative estimate of drug-likeness (QED) is 0.882. The number of anilines is 1. The van der Waals surface area contributed by atoms with Crippen LogP contribution in [0, 0.1) is 11.6 Å². The van der Waals surface area contributed by atoms with Crippen LogP contribution in [0.1, 0.15) is 5.56 Å². The lowest BCUT2D eigenvalue weighted by atomic mass is 10.2.